The van der Waals surface area contributed by atoms with Crippen molar-refractivity contribution < 1.29 is 13.2 Å². The Bertz CT molecular complexity index is 716. The van der Waals surface area contributed by atoms with Gasteiger partial charge in [-0.25, -0.2) is 13.4 Å². The number of sulfonamides is 1. The van der Waals surface area contributed by atoms with E-state index in [0.717, 1.165) is 38.6 Å². The van der Waals surface area contributed by atoms with Crippen molar-refractivity contribution >= 4 is 27.7 Å². The SMILES string of the molecule is C[C@H]1CCCCN1C(=O)CSc1ccc(S(=O)(=O)N2CCCCC2)cn1. The van der Waals surface area contributed by atoms with E-state index in [1.54, 1.807) is 16.4 Å². The summed E-state index contributed by atoms with van der Waals surface area (Å²) >= 11 is 1.37. The van der Waals surface area contributed by atoms with Crippen LogP contribution in [0, 0.1) is 0 Å². The summed E-state index contributed by atoms with van der Waals surface area (Å²) in [5, 5.41) is 0.681. The van der Waals surface area contributed by atoms with Gasteiger partial charge in [-0.3, -0.25) is 4.79 Å². The van der Waals surface area contributed by atoms with Crippen LogP contribution in [0.5, 0.6) is 0 Å². The van der Waals surface area contributed by atoms with E-state index in [-0.39, 0.29) is 10.8 Å². The van der Waals surface area contributed by atoms with E-state index < -0.39 is 10.0 Å². The normalized spacial score (nSPS) is 22.3. The Morgan fingerprint density at radius 2 is 1.88 bits per heavy atom. The lowest BCUT2D eigenvalue weighted by Crippen LogP contribution is -2.42. The van der Waals surface area contributed by atoms with Crippen molar-refractivity contribution in [1.82, 2.24) is 14.2 Å². The van der Waals surface area contributed by atoms with Crippen LogP contribution in [0.4, 0.5) is 0 Å². The van der Waals surface area contributed by atoms with E-state index in [0.29, 0.717) is 29.9 Å². The molecule has 2 fully saturated rings. The van der Waals surface area contributed by atoms with Crippen molar-refractivity contribution in [1.29, 1.82) is 0 Å². The molecular formula is C18H27N3O3S2. The predicted octanol–water partition coefficient (Wildman–Crippen LogP) is 2.75. The van der Waals surface area contributed by atoms with Crippen LogP contribution in [0.3, 0.4) is 0 Å². The highest BCUT2D eigenvalue weighted by atomic mass is 32.2. The van der Waals surface area contributed by atoms with Crippen LogP contribution in [-0.4, -0.2) is 59.9 Å². The fourth-order valence-corrected chi connectivity index (χ4v) is 5.74. The third-order valence-electron chi connectivity index (χ3n) is 5.13. The van der Waals surface area contributed by atoms with Gasteiger partial charge in [-0.1, -0.05) is 18.2 Å². The van der Waals surface area contributed by atoms with Gasteiger partial charge in [0.15, 0.2) is 0 Å². The standard InChI is InChI=1S/C18H27N3O3S2/c1-15-7-3-6-12-21(15)18(22)14-25-17-9-8-16(13-19-17)26(23,24)20-10-4-2-5-11-20/h8-9,13,15H,2-7,10-12,14H2,1H3/t15-/m0/s1. The maximum Gasteiger partial charge on any atom is 0.244 e. The molecule has 0 unspecified atom stereocenters. The minimum absolute atomic E-state index is 0.133. The third kappa shape index (κ3) is 4.58. The number of amides is 1. The fourth-order valence-electron chi connectivity index (χ4n) is 3.55. The molecule has 6 nitrogen and oxygen atoms in total. The van der Waals surface area contributed by atoms with E-state index in [4.69, 9.17) is 0 Å². The van der Waals surface area contributed by atoms with Crippen LogP contribution in [0.2, 0.25) is 0 Å². The second kappa shape index (κ2) is 8.71. The molecule has 26 heavy (non-hydrogen) atoms. The molecule has 2 aliphatic heterocycles. The van der Waals surface area contributed by atoms with E-state index >= 15 is 0 Å². The highest BCUT2D eigenvalue weighted by Crippen LogP contribution is 2.23. The molecule has 1 aromatic rings. The lowest BCUT2D eigenvalue weighted by atomic mass is 10.0. The summed E-state index contributed by atoms with van der Waals surface area (Å²) in [6.45, 7) is 4.10. The predicted molar refractivity (Wildman–Crippen MR) is 103 cm³/mol. The Kier molecular flexibility index (Phi) is 6.58. The highest BCUT2D eigenvalue weighted by molar-refractivity contribution is 7.99. The van der Waals surface area contributed by atoms with Gasteiger partial charge >= 0.3 is 0 Å². The zero-order valence-corrected chi connectivity index (χ0v) is 16.9. The van der Waals surface area contributed by atoms with Crippen LogP contribution >= 0.6 is 11.8 Å². The van der Waals surface area contributed by atoms with Crippen LogP contribution in [-0.2, 0) is 14.8 Å². The molecular weight excluding hydrogens is 370 g/mol. The van der Waals surface area contributed by atoms with Crippen molar-refractivity contribution in [3.8, 4) is 0 Å². The van der Waals surface area contributed by atoms with Crippen LogP contribution in [0.25, 0.3) is 0 Å². The first-order valence-electron chi connectivity index (χ1n) is 9.37. The van der Waals surface area contributed by atoms with Gasteiger partial charge in [0.1, 0.15) is 4.90 Å². The summed E-state index contributed by atoms with van der Waals surface area (Å²) in [7, 11) is -3.45. The molecule has 3 heterocycles. The molecule has 0 spiro atoms. The first kappa shape index (κ1) is 19.6. The molecule has 1 atom stereocenters. The Balaban J connectivity index is 1.58. The quantitative estimate of drug-likeness (QED) is 0.715. The molecule has 0 aromatic carbocycles. The molecule has 2 saturated heterocycles. The molecule has 1 amide bonds. The van der Waals surface area contributed by atoms with E-state index in [1.165, 1.54) is 24.4 Å². The number of piperidine rings is 2. The number of likely N-dealkylation sites (tertiary alicyclic amines) is 1. The van der Waals surface area contributed by atoms with Gasteiger partial charge < -0.3 is 4.90 Å². The van der Waals surface area contributed by atoms with Crippen LogP contribution < -0.4 is 0 Å². The number of aromatic nitrogens is 1. The zero-order chi connectivity index (χ0) is 18.6. The van der Waals surface area contributed by atoms with E-state index in [1.807, 2.05) is 4.90 Å². The van der Waals surface area contributed by atoms with Gasteiger partial charge in [-0.2, -0.15) is 4.31 Å². The molecule has 0 radical (unpaired) electrons. The maximum atomic E-state index is 12.6. The number of nitrogens with zero attached hydrogens (tertiary/aromatic N) is 3. The largest absolute Gasteiger partial charge is 0.339 e. The Hall–Kier alpha value is -1.12. The first-order valence-corrected chi connectivity index (χ1v) is 11.8. The molecule has 1 aromatic heterocycles. The number of thioether (sulfide) groups is 1. The lowest BCUT2D eigenvalue weighted by Gasteiger charge is -2.33. The molecule has 0 saturated carbocycles. The van der Waals surface area contributed by atoms with Crippen molar-refractivity contribution in [3.63, 3.8) is 0 Å². The Morgan fingerprint density at radius 1 is 1.15 bits per heavy atom. The van der Waals surface area contributed by atoms with E-state index in [2.05, 4.69) is 11.9 Å². The lowest BCUT2D eigenvalue weighted by molar-refractivity contribution is -0.131. The summed E-state index contributed by atoms with van der Waals surface area (Å²) in [6.07, 6.45) is 7.66. The number of carbonyl (C=O) groups excluding carboxylic acids is 1. The van der Waals surface area contributed by atoms with Crippen molar-refractivity contribution in [3.05, 3.63) is 18.3 Å². The second-order valence-corrected chi connectivity index (χ2v) is 9.95. The number of rotatable bonds is 5. The van der Waals surface area contributed by atoms with Gasteiger partial charge in [0, 0.05) is 31.9 Å². The minimum atomic E-state index is -3.45. The number of carbonyl (C=O) groups is 1. The Labute approximate surface area is 160 Å². The molecule has 144 valence electrons. The van der Waals surface area contributed by atoms with Crippen molar-refractivity contribution in [2.45, 2.75) is 61.4 Å². The third-order valence-corrected chi connectivity index (χ3v) is 7.94. The summed E-state index contributed by atoms with van der Waals surface area (Å²) < 4.78 is 26.8. The highest BCUT2D eigenvalue weighted by Gasteiger charge is 2.26. The molecule has 0 bridgehead atoms. The molecule has 0 aliphatic carbocycles. The number of hydrogen-bond acceptors (Lipinski definition) is 5. The maximum absolute atomic E-state index is 12.6. The number of pyridine rings is 1. The average molecular weight is 398 g/mol. The van der Waals surface area contributed by atoms with Crippen LogP contribution in [0.15, 0.2) is 28.3 Å². The van der Waals surface area contributed by atoms with Crippen molar-refractivity contribution in [2.24, 2.45) is 0 Å². The first-order chi connectivity index (χ1) is 12.5. The second-order valence-electron chi connectivity index (χ2n) is 7.02. The average Bonchev–Trinajstić information content (AvgIpc) is 2.67. The van der Waals surface area contributed by atoms with Gasteiger partial charge in [0.25, 0.3) is 0 Å². The van der Waals surface area contributed by atoms with Crippen LogP contribution in [0.1, 0.15) is 45.4 Å². The van der Waals surface area contributed by atoms with Crippen molar-refractivity contribution in [2.75, 3.05) is 25.4 Å². The molecule has 8 heteroatoms. The summed E-state index contributed by atoms with van der Waals surface area (Å²) in [5.74, 6) is 0.476. The molecule has 2 aliphatic rings. The van der Waals surface area contributed by atoms with Gasteiger partial charge in [0.2, 0.25) is 15.9 Å². The molecule has 3 rings (SSSR count). The summed E-state index contributed by atoms with van der Waals surface area (Å²) in [6, 6.07) is 3.61. The number of hydrogen-bond donors (Lipinski definition) is 0. The zero-order valence-electron chi connectivity index (χ0n) is 15.3. The fraction of sp³-hybridized carbons (Fsp3) is 0.667. The Morgan fingerprint density at radius 3 is 2.54 bits per heavy atom. The van der Waals surface area contributed by atoms with Gasteiger partial charge in [-0.15, -0.1) is 0 Å². The summed E-state index contributed by atoms with van der Waals surface area (Å²) in [4.78, 5) is 18.8. The molecule has 0 N–H and O–H groups in total. The summed E-state index contributed by atoms with van der Waals surface area (Å²) in [5.41, 5.74) is 0. The topological polar surface area (TPSA) is 70.6 Å². The van der Waals surface area contributed by atoms with Gasteiger partial charge in [0.05, 0.1) is 10.8 Å². The minimum Gasteiger partial charge on any atom is -0.339 e. The monoisotopic (exact) mass is 397 g/mol. The van der Waals surface area contributed by atoms with Gasteiger partial charge in [-0.05, 0) is 51.2 Å². The smallest absolute Gasteiger partial charge is 0.244 e. The van der Waals surface area contributed by atoms with E-state index in [9.17, 15) is 13.2 Å².